The van der Waals surface area contributed by atoms with Crippen LogP contribution in [0, 0.1) is 0 Å². The fraction of sp³-hybridized carbons (Fsp3) is 0.294. The van der Waals surface area contributed by atoms with E-state index >= 15 is 0 Å². The summed E-state index contributed by atoms with van der Waals surface area (Å²) in [7, 11) is 0.454. The Morgan fingerprint density at radius 3 is 1.85 bits per heavy atom. The smallest absolute Gasteiger partial charge is 0.120 e. The van der Waals surface area contributed by atoms with Crippen LogP contribution in [0.1, 0.15) is 5.56 Å². The Bertz CT molecular complexity index is 539. The summed E-state index contributed by atoms with van der Waals surface area (Å²) in [6, 6.07) is 16.5. The molecule has 2 nitrogen and oxygen atoms in total. The molecule has 0 spiro atoms. The maximum Gasteiger partial charge on any atom is 0.120 e. The van der Waals surface area contributed by atoms with E-state index in [4.69, 9.17) is 9.47 Å². The highest BCUT2D eigenvalue weighted by molar-refractivity contribution is 6.88. The molecule has 2 aromatic rings. The van der Waals surface area contributed by atoms with Crippen molar-refractivity contribution in [2.75, 3.05) is 7.11 Å². The van der Waals surface area contributed by atoms with E-state index in [9.17, 15) is 0 Å². The molecule has 0 atom stereocenters. The second kappa shape index (κ2) is 6.14. The van der Waals surface area contributed by atoms with Gasteiger partial charge in [-0.05, 0) is 29.8 Å². The van der Waals surface area contributed by atoms with Crippen LogP contribution in [-0.4, -0.2) is 15.2 Å². The van der Waals surface area contributed by atoms with E-state index in [0.29, 0.717) is 6.61 Å². The Kier molecular flexibility index (Phi) is 4.50. The maximum atomic E-state index is 5.77. The number of methoxy groups -OCH3 is 1. The number of ether oxygens (including phenoxy) is 2. The Labute approximate surface area is 122 Å². The molecular weight excluding hydrogens is 264 g/mol. The quantitative estimate of drug-likeness (QED) is 0.778. The first kappa shape index (κ1) is 14.7. The van der Waals surface area contributed by atoms with Gasteiger partial charge in [-0.1, -0.05) is 49.1 Å². The molecule has 0 aliphatic carbocycles. The minimum atomic E-state index is -1.21. The summed E-state index contributed by atoms with van der Waals surface area (Å²) in [6.07, 6.45) is 0. The van der Waals surface area contributed by atoms with Gasteiger partial charge in [-0.25, -0.2) is 0 Å². The number of hydrogen-bond acceptors (Lipinski definition) is 2. The molecule has 0 radical (unpaired) electrons. The lowest BCUT2D eigenvalue weighted by molar-refractivity contribution is 0.305. The van der Waals surface area contributed by atoms with Gasteiger partial charge in [0.15, 0.2) is 0 Å². The molecule has 0 amide bonds. The van der Waals surface area contributed by atoms with Gasteiger partial charge < -0.3 is 9.47 Å². The van der Waals surface area contributed by atoms with Crippen LogP contribution in [0.3, 0.4) is 0 Å². The third kappa shape index (κ3) is 3.87. The molecule has 20 heavy (non-hydrogen) atoms. The van der Waals surface area contributed by atoms with Crippen molar-refractivity contribution < 1.29 is 9.47 Å². The predicted molar refractivity (Wildman–Crippen MR) is 86.7 cm³/mol. The van der Waals surface area contributed by atoms with Crippen molar-refractivity contribution in [3.8, 4) is 11.5 Å². The largest absolute Gasteiger partial charge is 0.497 e. The highest BCUT2D eigenvalue weighted by Gasteiger charge is 2.15. The van der Waals surface area contributed by atoms with E-state index in [1.807, 2.05) is 24.3 Å². The fourth-order valence-electron chi connectivity index (χ4n) is 1.94. The first-order chi connectivity index (χ1) is 9.49. The molecule has 2 aromatic carbocycles. The van der Waals surface area contributed by atoms with E-state index in [-0.39, 0.29) is 0 Å². The van der Waals surface area contributed by atoms with Crippen molar-refractivity contribution in [2.24, 2.45) is 0 Å². The number of hydrogen-bond donors (Lipinski definition) is 0. The van der Waals surface area contributed by atoms with Gasteiger partial charge in [0.05, 0.1) is 15.2 Å². The van der Waals surface area contributed by atoms with Crippen LogP contribution >= 0.6 is 0 Å². The van der Waals surface area contributed by atoms with Gasteiger partial charge in [0, 0.05) is 0 Å². The zero-order valence-corrected chi connectivity index (χ0v) is 13.6. The molecule has 0 saturated heterocycles. The van der Waals surface area contributed by atoms with E-state index in [1.165, 1.54) is 10.8 Å². The second-order valence-electron chi connectivity index (χ2n) is 5.91. The van der Waals surface area contributed by atoms with Crippen LogP contribution in [0.25, 0.3) is 0 Å². The van der Waals surface area contributed by atoms with Gasteiger partial charge in [-0.3, -0.25) is 0 Å². The molecule has 0 bridgehead atoms. The zero-order valence-electron chi connectivity index (χ0n) is 12.6. The molecule has 0 heterocycles. The first-order valence-electron chi connectivity index (χ1n) is 6.85. The van der Waals surface area contributed by atoms with Crippen LogP contribution in [0.15, 0.2) is 48.5 Å². The molecule has 106 valence electrons. The van der Waals surface area contributed by atoms with Gasteiger partial charge >= 0.3 is 0 Å². The van der Waals surface area contributed by atoms with Gasteiger partial charge in [0.2, 0.25) is 0 Å². The standard InChI is InChI=1S/C17H22O2Si/c1-18-15-7-9-16(10-8-15)19-13-14-5-11-17(12-6-14)20(2,3)4/h5-12H,13H2,1-4H3. The van der Waals surface area contributed by atoms with E-state index in [0.717, 1.165) is 11.5 Å². The number of benzene rings is 2. The van der Waals surface area contributed by atoms with Crippen molar-refractivity contribution in [1.82, 2.24) is 0 Å². The lowest BCUT2D eigenvalue weighted by Crippen LogP contribution is -2.37. The first-order valence-corrected chi connectivity index (χ1v) is 10.4. The molecule has 0 aliphatic heterocycles. The monoisotopic (exact) mass is 286 g/mol. The van der Waals surface area contributed by atoms with Crippen molar-refractivity contribution in [1.29, 1.82) is 0 Å². The van der Waals surface area contributed by atoms with Gasteiger partial charge in [0.1, 0.15) is 18.1 Å². The summed E-state index contributed by atoms with van der Waals surface area (Å²) in [5, 5.41) is 1.48. The van der Waals surface area contributed by atoms with Crippen molar-refractivity contribution >= 4 is 13.3 Å². The summed E-state index contributed by atoms with van der Waals surface area (Å²) in [6.45, 7) is 7.67. The SMILES string of the molecule is COc1ccc(OCc2ccc([Si](C)(C)C)cc2)cc1. The lowest BCUT2D eigenvalue weighted by Gasteiger charge is -2.16. The van der Waals surface area contributed by atoms with Crippen LogP contribution < -0.4 is 14.7 Å². The molecule has 0 aromatic heterocycles. The van der Waals surface area contributed by atoms with E-state index < -0.39 is 8.07 Å². The third-order valence-electron chi connectivity index (χ3n) is 3.28. The van der Waals surface area contributed by atoms with Gasteiger partial charge in [-0.15, -0.1) is 0 Å². The summed E-state index contributed by atoms with van der Waals surface area (Å²) in [4.78, 5) is 0. The minimum Gasteiger partial charge on any atom is -0.497 e. The molecule has 3 heteroatoms. The van der Waals surface area contributed by atoms with Crippen molar-refractivity contribution in [2.45, 2.75) is 26.2 Å². The summed E-state index contributed by atoms with van der Waals surface area (Å²) < 4.78 is 10.9. The van der Waals surface area contributed by atoms with E-state index in [2.05, 4.69) is 43.9 Å². The molecule has 0 aliphatic rings. The highest BCUT2D eigenvalue weighted by atomic mass is 28.3. The Balaban J connectivity index is 1.96. The minimum absolute atomic E-state index is 0.596. The Hall–Kier alpha value is -1.74. The summed E-state index contributed by atoms with van der Waals surface area (Å²) in [5.74, 6) is 1.71. The molecule has 0 fully saturated rings. The molecule has 0 saturated carbocycles. The van der Waals surface area contributed by atoms with Crippen molar-refractivity contribution in [3.05, 3.63) is 54.1 Å². The van der Waals surface area contributed by atoms with Crippen LogP contribution in [0.2, 0.25) is 19.6 Å². The molecule has 2 rings (SSSR count). The second-order valence-corrected chi connectivity index (χ2v) is 11.0. The summed E-state index contributed by atoms with van der Waals surface area (Å²) >= 11 is 0. The average molecular weight is 286 g/mol. The van der Waals surface area contributed by atoms with Crippen LogP contribution in [-0.2, 0) is 6.61 Å². The predicted octanol–water partition coefficient (Wildman–Crippen LogP) is 3.82. The fourth-order valence-corrected chi connectivity index (χ4v) is 3.11. The lowest BCUT2D eigenvalue weighted by atomic mass is 10.2. The molecule has 0 N–H and O–H groups in total. The van der Waals surface area contributed by atoms with Crippen LogP contribution in [0.5, 0.6) is 11.5 Å². The Morgan fingerprint density at radius 1 is 0.800 bits per heavy atom. The van der Waals surface area contributed by atoms with Crippen molar-refractivity contribution in [3.63, 3.8) is 0 Å². The highest BCUT2D eigenvalue weighted by Crippen LogP contribution is 2.18. The topological polar surface area (TPSA) is 18.5 Å². The Morgan fingerprint density at radius 2 is 1.35 bits per heavy atom. The molecular formula is C17H22O2Si. The molecule has 0 unspecified atom stereocenters. The number of rotatable bonds is 5. The van der Waals surface area contributed by atoms with Crippen LogP contribution in [0.4, 0.5) is 0 Å². The van der Waals surface area contributed by atoms with E-state index in [1.54, 1.807) is 7.11 Å². The van der Waals surface area contributed by atoms with Gasteiger partial charge in [-0.2, -0.15) is 0 Å². The normalized spacial score (nSPS) is 11.2. The third-order valence-corrected chi connectivity index (χ3v) is 5.35. The van der Waals surface area contributed by atoms with Gasteiger partial charge in [0.25, 0.3) is 0 Å². The summed E-state index contributed by atoms with van der Waals surface area (Å²) in [5.41, 5.74) is 1.20. The average Bonchev–Trinajstić information content (AvgIpc) is 2.45. The maximum absolute atomic E-state index is 5.77. The zero-order chi connectivity index (χ0) is 14.6.